The average Bonchev–Trinajstić information content (AvgIpc) is 2.56. The van der Waals surface area contributed by atoms with Gasteiger partial charge < -0.3 is 19.5 Å². The van der Waals surface area contributed by atoms with Crippen LogP contribution in [0, 0.1) is 16.9 Å². The molecule has 0 rings (SSSR count). The van der Waals surface area contributed by atoms with Crippen LogP contribution < -0.4 is 5.32 Å². The Kier molecular flexibility index (Phi) is 10.8. The second-order valence-electron chi connectivity index (χ2n) is 8.12. The maximum Gasteiger partial charge on any atom is 0.410 e. The first kappa shape index (κ1) is 26.3. The second-order valence-corrected chi connectivity index (χ2v) is 8.12. The fourth-order valence-electron chi connectivity index (χ4n) is 1.85. The first-order chi connectivity index (χ1) is 13.3. The zero-order chi connectivity index (χ0) is 22.8. The van der Waals surface area contributed by atoms with E-state index in [2.05, 4.69) is 10.1 Å². The van der Waals surface area contributed by atoms with Crippen LogP contribution in [0.1, 0.15) is 61.3 Å². The lowest BCUT2D eigenvalue weighted by Gasteiger charge is -2.26. The molecule has 0 aromatic rings. The third kappa shape index (κ3) is 11.0. The van der Waals surface area contributed by atoms with Crippen molar-refractivity contribution < 1.29 is 38.2 Å². The van der Waals surface area contributed by atoms with E-state index in [0.29, 0.717) is 0 Å². The van der Waals surface area contributed by atoms with Crippen molar-refractivity contribution in [3.8, 4) is 0 Å². The molecule has 0 radical (unpaired) electrons. The predicted molar refractivity (Wildman–Crippen MR) is 102 cm³/mol. The summed E-state index contributed by atoms with van der Waals surface area (Å²) in [5, 5.41) is 2.35. The van der Waals surface area contributed by atoms with Gasteiger partial charge in [0.1, 0.15) is 6.04 Å². The summed E-state index contributed by atoms with van der Waals surface area (Å²) in [6, 6.07) is -1.15. The molecule has 0 aromatic heterocycles. The number of amides is 1. The number of esters is 2. The fraction of sp³-hybridized carbons (Fsp3) is 0.737. The summed E-state index contributed by atoms with van der Waals surface area (Å²) in [4.78, 5) is 51.0. The lowest BCUT2D eigenvalue weighted by Crippen LogP contribution is -2.45. The van der Waals surface area contributed by atoms with Crippen LogP contribution in [0.25, 0.3) is 0 Å². The van der Waals surface area contributed by atoms with Crippen molar-refractivity contribution in [2.75, 3.05) is 0 Å². The van der Waals surface area contributed by atoms with E-state index in [0.717, 1.165) is 6.21 Å². The van der Waals surface area contributed by atoms with Gasteiger partial charge >= 0.3 is 24.2 Å². The van der Waals surface area contributed by atoms with E-state index in [4.69, 9.17) is 19.7 Å². The van der Waals surface area contributed by atoms with Crippen LogP contribution in [0.3, 0.4) is 0 Å². The molecule has 10 nitrogen and oxygen atoms in total. The number of carbonyl (C=O) groups is 4. The molecule has 0 bridgehead atoms. The van der Waals surface area contributed by atoms with Gasteiger partial charge in [-0.25, -0.2) is 9.59 Å². The first-order valence-electron chi connectivity index (χ1n) is 9.39. The SMILES string of the molecule is CC(C)OC(=O)[C@H](CCC(=O)C=[N+]=N)NC(=O)OC(OC(=O)C(C)(C)C)C(C)C. The molecule has 0 aliphatic rings. The molecule has 0 aliphatic heterocycles. The standard InChI is InChI=1S/C19H31N3O7/c1-11(2)16(28-17(25)19(5,6)7)29-18(26)22-14(15(24)27-12(3)4)9-8-13(23)10-21-20/h10-12,14,16,20H,8-9H2,1-7H3/p+1/t14-,16?/m0/s1. The van der Waals surface area contributed by atoms with Gasteiger partial charge in [-0.15, -0.1) is 0 Å². The number of Topliss-reactive ketones (excluding diaryl/α,β-unsaturated/α-hetero) is 1. The Balaban J connectivity index is 5.15. The van der Waals surface area contributed by atoms with Crippen LogP contribution in [0.2, 0.25) is 0 Å². The van der Waals surface area contributed by atoms with Crippen LogP contribution in [-0.2, 0) is 28.6 Å². The van der Waals surface area contributed by atoms with E-state index in [1.165, 1.54) is 0 Å². The molecule has 0 heterocycles. The van der Waals surface area contributed by atoms with Crippen molar-refractivity contribution in [2.45, 2.75) is 79.7 Å². The fourth-order valence-corrected chi connectivity index (χ4v) is 1.85. The zero-order valence-corrected chi connectivity index (χ0v) is 18.1. The van der Waals surface area contributed by atoms with Crippen molar-refractivity contribution in [3.05, 3.63) is 0 Å². The molecular formula is C19H32N3O7+. The Hall–Kier alpha value is -2.74. The number of nitrogens with zero attached hydrogens (tertiary/aromatic N) is 1. The summed E-state index contributed by atoms with van der Waals surface area (Å²) >= 11 is 0. The van der Waals surface area contributed by atoms with Crippen molar-refractivity contribution in [2.24, 2.45) is 11.3 Å². The maximum absolute atomic E-state index is 12.3. The first-order valence-corrected chi connectivity index (χ1v) is 9.39. The molecule has 0 saturated heterocycles. The van der Waals surface area contributed by atoms with Crippen molar-refractivity contribution in [1.29, 1.82) is 5.53 Å². The number of alkyl carbamates (subject to hydrolysis) is 1. The molecule has 0 spiro atoms. The summed E-state index contributed by atoms with van der Waals surface area (Å²) in [5.41, 5.74) is 5.87. The third-order valence-electron chi connectivity index (χ3n) is 3.42. The van der Waals surface area contributed by atoms with Crippen molar-refractivity contribution in [3.63, 3.8) is 0 Å². The minimum atomic E-state index is -1.15. The predicted octanol–water partition coefficient (Wildman–Crippen LogP) is 2.26. The average molecular weight is 414 g/mol. The monoisotopic (exact) mass is 414 g/mol. The number of hydrogen-bond donors (Lipinski definition) is 2. The lowest BCUT2D eigenvalue weighted by atomic mass is 9.97. The van der Waals surface area contributed by atoms with Gasteiger partial charge in [-0.05, 0) is 41.0 Å². The summed E-state index contributed by atoms with van der Waals surface area (Å²) in [7, 11) is 0. The Morgan fingerprint density at radius 2 is 1.62 bits per heavy atom. The highest BCUT2D eigenvalue weighted by Crippen LogP contribution is 2.19. The van der Waals surface area contributed by atoms with E-state index in [-0.39, 0.29) is 18.8 Å². The smallest absolute Gasteiger partial charge is 0.410 e. The van der Waals surface area contributed by atoms with Crippen LogP contribution in [0.5, 0.6) is 0 Å². The number of carbonyl (C=O) groups excluding carboxylic acids is 4. The molecule has 164 valence electrons. The van der Waals surface area contributed by atoms with Gasteiger partial charge in [-0.2, -0.15) is 0 Å². The van der Waals surface area contributed by atoms with Gasteiger partial charge in [0.05, 0.1) is 21.8 Å². The maximum atomic E-state index is 12.3. The number of nitrogens with one attached hydrogen (secondary N) is 2. The van der Waals surface area contributed by atoms with E-state index in [1.54, 1.807) is 48.5 Å². The normalized spacial score (nSPS) is 13.1. The Morgan fingerprint density at radius 3 is 2.07 bits per heavy atom. The van der Waals surface area contributed by atoms with Crippen LogP contribution >= 0.6 is 0 Å². The quantitative estimate of drug-likeness (QED) is 0.183. The van der Waals surface area contributed by atoms with E-state index >= 15 is 0 Å². The van der Waals surface area contributed by atoms with Crippen molar-refractivity contribution in [1.82, 2.24) is 5.32 Å². The molecule has 0 saturated carbocycles. The number of hydrogen-bond acceptors (Lipinski definition) is 8. The highest BCUT2D eigenvalue weighted by molar-refractivity contribution is 6.25. The van der Waals surface area contributed by atoms with Gasteiger partial charge in [0, 0.05) is 12.3 Å². The van der Waals surface area contributed by atoms with E-state index < -0.39 is 47.7 Å². The second kappa shape index (κ2) is 12.0. The van der Waals surface area contributed by atoms with Crippen LogP contribution in [-0.4, -0.2) is 53.3 Å². The summed E-state index contributed by atoms with van der Waals surface area (Å²) in [6.07, 6.45) is -1.96. The molecular weight excluding hydrogens is 382 g/mol. The van der Waals surface area contributed by atoms with Crippen molar-refractivity contribution >= 4 is 30.0 Å². The molecule has 10 heteroatoms. The van der Waals surface area contributed by atoms with E-state index in [9.17, 15) is 19.2 Å². The third-order valence-corrected chi connectivity index (χ3v) is 3.42. The number of ketones is 1. The molecule has 0 fully saturated rings. The minimum Gasteiger partial charge on any atom is -0.461 e. The Labute approximate surface area is 170 Å². The lowest BCUT2D eigenvalue weighted by molar-refractivity contribution is -0.184. The molecule has 0 aliphatic carbocycles. The molecule has 1 unspecified atom stereocenters. The van der Waals surface area contributed by atoms with Gasteiger partial charge in [0.25, 0.3) is 6.29 Å². The summed E-state index contributed by atoms with van der Waals surface area (Å²) < 4.78 is 15.5. The molecule has 1 amide bonds. The van der Waals surface area contributed by atoms with Gasteiger partial charge in [-0.1, -0.05) is 13.8 Å². The molecule has 0 aromatic carbocycles. The topological polar surface area (TPSA) is 146 Å². The highest BCUT2D eigenvalue weighted by atomic mass is 16.7. The summed E-state index contributed by atoms with van der Waals surface area (Å²) in [5.74, 6) is -2.08. The number of rotatable bonds is 10. The Morgan fingerprint density at radius 1 is 1.03 bits per heavy atom. The highest BCUT2D eigenvalue weighted by Gasteiger charge is 2.31. The molecule has 29 heavy (non-hydrogen) atoms. The summed E-state index contributed by atoms with van der Waals surface area (Å²) in [6.45, 7) is 11.7. The van der Waals surface area contributed by atoms with Crippen LogP contribution in [0.4, 0.5) is 4.79 Å². The van der Waals surface area contributed by atoms with Crippen LogP contribution in [0.15, 0.2) is 0 Å². The largest absolute Gasteiger partial charge is 0.461 e. The number of ether oxygens (including phenoxy) is 3. The Bertz CT molecular complexity index is 647. The zero-order valence-electron chi connectivity index (χ0n) is 18.1. The molecule has 2 N–H and O–H groups in total. The van der Waals surface area contributed by atoms with Gasteiger partial charge in [0.15, 0.2) is 0 Å². The van der Waals surface area contributed by atoms with Gasteiger partial charge in [-0.3, -0.25) is 9.59 Å². The minimum absolute atomic E-state index is 0.0698. The van der Waals surface area contributed by atoms with E-state index in [1.807, 2.05) is 0 Å². The van der Waals surface area contributed by atoms with Gasteiger partial charge in [0.2, 0.25) is 5.78 Å². The molecule has 2 atom stereocenters.